The van der Waals surface area contributed by atoms with E-state index in [1.54, 1.807) is 36.4 Å². The lowest BCUT2D eigenvalue weighted by Gasteiger charge is -2.12. The lowest BCUT2D eigenvalue weighted by molar-refractivity contribution is -0.135. The van der Waals surface area contributed by atoms with E-state index >= 15 is 0 Å². The average Bonchev–Trinajstić information content (AvgIpc) is 2.87. The van der Waals surface area contributed by atoms with Crippen molar-refractivity contribution in [3.05, 3.63) is 101 Å². The number of methoxy groups -OCH3 is 2. The highest BCUT2D eigenvalue weighted by atomic mass is 16.6. The van der Waals surface area contributed by atoms with Gasteiger partial charge in [-0.3, -0.25) is 0 Å². The van der Waals surface area contributed by atoms with Gasteiger partial charge in [0.05, 0.1) is 19.8 Å². The summed E-state index contributed by atoms with van der Waals surface area (Å²) in [7, 11) is 2.65. The van der Waals surface area contributed by atoms with Crippen molar-refractivity contribution in [2.75, 3.05) is 14.2 Å². The number of benzene rings is 3. The van der Waals surface area contributed by atoms with Crippen LogP contribution in [0.2, 0.25) is 0 Å². The minimum atomic E-state index is -0.737. The maximum absolute atomic E-state index is 13.0. The van der Waals surface area contributed by atoms with E-state index in [1.165, 1.54) is 25.9 Å². The first-order chi connectivity index (χ1) is 16.0. The number of aryl methyl sites for hydroxylation is 2. The molecular weight excluding hydrogens is 418 g/mol. The van der Waals surface area contributed by atoms with Crippen molar-refractivity contribution >= 4 is 18.0 Å². The first-order valence-corrected chi connectivity index (χ1v) is 10.3. The summed E-state index contributed by atoms with van der Waals surface area (Å²) in [5.74, 6) is -0.707. The van der Waals surface area contributed by atoms with Gasteiger partial charge in [-0.1, -0.05) is 54.6 Å². The predicted molar refractivity (Wildman–Crippen MR) is 124 cm³/mol. The molecule has 0 amide bonds. The Hall–Kier alpha value is -4.37. The molecule has 0 saturated carbocycles. The van der Waals surface area contributed by atoms with E-state index in [0.717, 1.165) is 12.0 Å². The Bertz CT molecular complexity index is 1210. The molecule has 6 nitrogen and oxygen atoms in total. The number of nitrogens with zero attached hydrogens (tertiary/aromatic N) is 1. The van der Waals surface area contributed by atoms with Crippen LogP contribution >= 0.6 is 0 Å². The van der Waals surface area contributed by atoms with Gasteiger partial charge in [-0.15, -0.1) is 0 Å². The summed E-state index contributed by atoms with van der Waals surface area (Å²) in [5, 5.41) is 9.14. The molecule has 3 aromatic rings. The van der Waals surface area contributed by atoms with Crippen LogP contribution in [0.4, 0.5) is 0 Å². The molecule has 0 saturated heterocycles. The van der Waals surface area contributed by atoms with E-state index in [0.29, 0.717) is 23.3 Å². The van der Waals surface area contributed by atoms with Gasteiger partial charge < -0.3 is 14.2 Å². The number of hydrogen-bond acceptors (Lipinski definition) is 6. The number of carbonyl (C=O) groups is 2. The van der Waals surface area contributed by atoms with Crippen LogP contribution in [0, 0.1) is 11.3 Å². The first kappa shape index (κ1) is 23.3. The van der Waals surface area contributed by atoms with Gasteiger partial charge in [0, 0.05) is 0 Å². The van der Waals surface area contributed by atoms with Crippen LogP contribution in [0.3, 0.4) is 0 Å². The molecule has 0 radical (unpaired) electrons. The van der Waals surface area contributed by atoms with Crippen LogP contribution in [0.15, 0.2) is 78.4 Å². The molecule has 6 heteroatoms. The molecule has 0 bridgehead atoms. The largest absolute Gasteiger partial charge is 0.493 e. The SMILES string of the molecule is COC(=O)/C(C#N)=C/c1ccc(OC(=O)c2ccccc2CCc2ccccc2)c(OC)c1. The Morgan fingerprint density at radius 3 is 2.33 bits per heavy atom. The minimum Gasteiger partial charge on any atom is -0.493 e. The molecule has 0 fully saturated rings. The van der Waals surface area contributed by atoms with Gasteiger partial charge in [-0.2, -0.15) is 5.26 Å². The number of carbonyl (C=O) groups excluding carboxylic acids is 2. The van der Waals surface area contributed by atoms with Gasteiger partial charge >= 0.3 is 11.9 Å². The van der Waals surface area contributed by atoms with Gasteiger partial charge in [0.2, 0.25) is 0 Å². The lowest BCUT2D eigenvalue weighted by atomic mass is 10.00. The fourth-order valence-corrected chi connectivity index (χ4v) is 3.29. The average molecular weight is 441 g/mol. The van der Waals surface area contributed by atoms with Crippen LogP contribution in [0.5, 0.6) is 11.5 Å². The van der Waals surface area contributed by atoms with Crippen LogP contribution in [-0.2, 0) is 22.4 Å². The first-order valence-electron chi connectivity index (χ1n) is 10.3. The molecular formula is C27H23NO5. The van der Waals surface area contributed by atoms with Crippen molar-refractivity contribution in [2.45, 2.75) is 12.8 Å². The van der Waals surface area contributed by atoms with E-state index in [2.05, 4.69) is 16.9 Å². The van der Waals surface area contributed by atoms with Crippen molar-refractivity contribution < 1.29 is 23.8 Å². The van der Waals surface area contributed by atoms with E-state index in [-0.39, 0.29) is 11.3 Å². The number of hydrogen-bond donors (Lipinski definition) is 0. The fourth-order valence-electron chi connectivity index (χ4n) is 3.29. The van der Waals surface area contributed by atoms with Crippen LogP contribution in [-0.4, -0.2) is 26.2 Å². The van der Waals surface area contributed by atoms with Gasteiger partial charge in [-0.05, 0) is 53.8 Å². The highest BCUT2D eigenvalue weighted by Crippen LogP contribution is 2.30. The van der Waals surface area contributed by atoms with E-state index < -0.39 is 11.9 Å². The van der Waals surface area contributed by atoms with Gasteiger partial charge in [-0.25, -0.2) is 9.59 Å². The smallest absolute Gasteiger partial charge is 0.348 e. The topological polar surface area (TPSA) is 85.6 Å². The Kier molecular flexibility index (Phi) is 7.98. The Morgan fingerprint density at radius 2 is 1.64 bits per heavy atom. The summed E-state index contributed by atoms with van der Waals surface area (Å²) >= 11 is 0. The molecule has 0 unspecified atom stereocenters. The van der Waals surface area contributed by atoms with Crippen molar-refractivity contribution in [1.29, 1.82) is 5.26 Å². The maximum Gasteiger partial charge on any atom is 0.348 e. The minimum absolute atomic E-state index is 0.156. The summed E-state index contributed by atoms with van der Waals surface area (Å²) in [6, 6.07) is 24.0. The highest BCUT2D eigenvalue weighted by molar-refractivity contribution is 5.98. The molecule has 0 aliphatic carbocycles. The van der Waals surface area contributed by atoms with E-state index in [9.17, 15) is 9.59 Å². The van der Waals surface area contributed by atoms with E-state index in [1.807, 2.05) is 30.3 Å². The van der Waals surface area contributed by atoms with Crippen molar-refractivity contribution in [2.24, 2.45) is 0 Å². The molecule has 0 aromatic heterocycles. The molecule has 166 valence electrons. The molecule has 33 heavy (non-hydrogen) atoms. The second kappa shape index (κ2) is 11.3. The quantitative estimate of drug-likeness (QED) is 0.216. The molecule has 3 aromatic carbocycles. The Labute approximate surface area is 192 Å². The highest BCUT2D eigenvalue weighted by Gasteiger charge is 2.17. The van der Waals surface area contributed by atoms with E-state index in [4.69, 9.17) is 14.7 Å². The predicted octanol–water partition coefficient (Wildman–Crippen LogP) is 4.78. The van der Waals surface area contributed by atoms with Crippen LogP contribution in [0.25, 0.3) is 6.08 Å². The number of esters is 2. The third-order valence-corrected chi connectivity index (χ3v) is 4.99. The third kappa shape index (κ3) is 6.08. The Balaban J connectivity index is 1.80. The fraction of sp³-hybridized carbons (Fsp3) is 0.148. The summed E-state index contributed by atoms with van der Waals surface area (Å²) in [4.78, 5) is 24.6. The summed E-state index contributed by atoms with van der Waals surface area (Å²) in [6.45, 7) is 0. The van der Waals surface area contributed by atoms with Gasteiger partial charge in [0.25, 0.3) is 0 Å². The third-order valence-electron chi connectivity index (χ3n) is 4.99. The maximum atomic E-state index is 13.0. The van der Waals surface area contributed by atoms with Gasteiger partial charge in [0.1, 0.15) is 11.6 Å². The zero-order valence-corrected chi connectivity index (χ0v) is 18.4. The van der Waals surface area contributed by atoms with Crippen molar-refractivity contribution in [3.8, 4) is 17.6 Å². The second-order valence-corrected chi connectivity index (χ2v) is 7.10. The Morgan fingerprint density at radius 1 is 0.909 bits per heavy atom. The van der Waals surface area contributed by atoms with Crippen LogP contribution in [0.1, 0.15) is 27.0 Å². The van der Waals surface area contributed by atoms with Crippen LogP contribution < -0.4 is 9.47 Å². The lowest BCUT2D eigenvalue weighted by Crippen LogP contribution is -2.12. The second-order valence-electron chi connectivity index (χ2n) is 7.10. The number of ether oxygens (including phenoxy) is 3. The summed E-state index contributed by atoms with van der Waals surface area (Å²) in [5.41, 5.74) is 2.93. The van der Waals surface area contributed by atoms with Gasteiger partial charge in [0.15, 0.2) is 11.5 Å². The molecule has 0 heterocycles. The number of nitriles is 1. The molecule has 3 rings (SSSR count). The molecule has 0 spiro atoms. The molecule has 0 aliphatic rings. The standard InChI is InChI=1S/C27H23NO5/c1-31-25-17-20(16-22(18-28)26(29)32-2)13-15-24(25)33-27(30)23-11-7-6-10-21(23)14-12-19-8-4-3-5-9-19/h3-11,13,15-17H,12,14H2,1-2H3/b22-16+. The summed E-state index contributed by atoms with van der Waals surface area (Å²) in [6.07, 6.45) is 2.87. The molecule has 0 aliphatic heterocycles. The zero-order chi connectivity index (χ0) is 23.6. The van der Waals surface area contributed by atoms with Crippen molar-refractivity contribution in [3.63, 3.8) is 0 Å². The zero-order valence-electron chi connectivity index (χ0n) is 18.4. The van der Waals surface area contributed by atoms with Crippen molar-refractivity contribution in [1.82, 2.24) is 0 Å². The normalized spacial score (nSPS) is 10.8. The molecule has 0 N–H and O–H groups in total. The monoisotopic (exact) mass is 441 g/mol. The number of rotatable bonds is 8. The summed E-state index contributed by atoms with van der Waals surface area (Å²) < 4.78 is 15.6. The molecule has 0 atom stereocenters.